The maximum absolute atomic E-state index is 6.00. The Labute approximate surface area is 92.5 Å². The Hall–Kier alpha value is -1.55. The van der Waals surface area contributed by atoms with Crippen LogP contribution in [0.15, 0.2) is 24.5 Å². The van der Waals surface area contributed by atoms with Crippen LogP contribution in [0.3, 0.4) is 0 Å². The van der Waals surface area contributed by atoms with E-state index in [1.807, 2.05) is 19.2 Å². The van der Waals surface area contributed by atoms with Crippen LogP contribution >= 0.6 is 11.6 Å². The first-order valence-corrected chi connectivity index (χ1v) is 4.78. The lowest BCUT2D eigenvalue weighted by Crippen LogP contribution is -1.92. The first kappa shape index (κ1) is 9.98. The van der Waals surface area contributed by atoms with Crippen LogP contribution in [-0.4, -0.2) is 21.9 Å². The third-order valence-electron chi connectivity index (χ3n) is 2.01. The van der Waals surface area contributed by atoms with E-state index in [0.29, 0.717) is 16.6 Å². The summed E-state index contributed by atoms with van der Waals surface area (Å²) in [5, 5.41) is 4.76. The first-order valence-electron chi connectivity index (χ1n) is 4.41. The van der Waals surface area contributed by atoms with Gasteiger partial charge in [0.15, 0.2) is 5.82 Å². The molecule has 2 rings (SSSR count). The highest BCUT2D eigenvalue weighted by atomic mass is 35.5. The van der Waals surface area contributed by atoms with E-state index in [9.17, 15) is 0 Å². The van der Waals surface area contributed by atoms with Crippen LogP contribution in [0.4, 0.5) is 0 Å². The lowest BCUT2D eigenvalue weighted by molar-refractivity contribution is 0.416. The van der Waals surface area contributed by atoms with Crippen molar-refractivity contribution in [1.29, 1.82) is 0 Å². The number of hydrogen-bond donors (Lipinski definition) is 0. The number of aromatic nitrogens is 3. The number of para-hydroxylation sites is 1. The average molecular weight is 224 g/mol. The first-order chi connectivity index (χ1) is 7.22. The van der Waals surface area contributed by atoms with Crippen LogP contribution in [0.5, 0.6) is 5.75 Å². The Morgan fingerprint density at radius 3 is 2.80 bits per heavy atom. The molecule has 0 N–H and O–H groups in total. The second-order valence-electron chi connectivity index (χ2n) is 3.06. The van der Waals surface area contributed by atoms with Crippen molar-refractivity contribution in [2.45, 2.75) is 0 Å². The van der Waals surface area contributed by atoms with Gasteiger partial charge in [-0.15, -0.1) is 0 Å². The van der Waals surface area contributed by atoms with Crippen LogP contribution in [-0.2, 0) is 7.05 Å². The molecule has 78 valence electrons. The fourth-order valence-electron chi connectivity index (χ4n) is 1.36. The van der Waals surface area contributed by atoms with Gasteiger partial charge in [-0.05, 0) is 12.1 Å². The number of ether oxygens (including phenoxy) is 1. The standard InChI is InChI=1S/C10H10ClN3O/c1-14-6-12-10(13-14)7-4-3-5-8(11)9(7)15-2/h3-6H,1-2H3. The van der Waals surface area contributed by atoms with Gasteiger partial charge in [0.2, 0.25) is 0 Å². The molecule has 0 radical (unpaired) electrons. The van der Waals surface area contributed by atoms with Crippen LogP contribution in [0.1, 0.15) is 0 Å². The molecule has 0 aliphatic carbocycles. The highest BCUT2D eigenvalue weighted by Crippen LogP contribution is 2.33. The molecule has 5 heteroatoms. The molecule has 2 aromatic rings. The molecule has 0 aliphatic rings. The molecule has 0 bridgehead atoms. The van der Waals surface area contributed by atoms with Gasteiger partial charge in [-0.3, -0.25) is 4.68 Å². The topological polar surface area (TPSA) is 39.9 Å². The Balaban J connectivity index is 2.57. The maximum atomic E-state index is 6.00. The Bertz CT molecular complexity index is 481. The molecule has 0 saturated heterocycles. The monoisotopic (exact) mass is 223 g/mol. The summed E-state index contributed by atoms with van der Waals surface area (Å²) in [5.41, 5.74) is 0.797. The van der Waals surface area contributed by atoms with E-state index >= 15 is 0 Å². The minimum Gasteiger partial charge on any atom is -0.494 e. The molecule has 4 nitrogen and oxygen atoms in total. The Kier molecular flexibility index (Phi) is 2.60. The second-order valence-corrected chi connectivity index (χ2v) is 3.47. The van der Waals surface area contributed by atoms with Crippen molar-refractivity contribution in [3.63, 3.8) is 0 Å². The minimum absolute atomic E-state index is 0.558. The van der Waals surface area contributed by atoms with Crippen molar-refractivity contribution in [2.75, 3.05) is 7.11 Å². The van der Waals surface area contributed by atoms with E-state index < -0.39 is 0 Å². The highest BCUT2D eigenvalue weighted by Gasteiger charge is 2.12. The number of benzene rings is 1. The van der Waals surface area contributed by atoms with E-state index in [0.717, 1.165) is 5.56 Å². The zero-order valence-corrected chi connectivity index (χ0v) is 9.19. The van der Waals surface area contributed by atoms with Gasteiger partial charge < -0.3 is 4.74 Å². The van der Waals surface area contributed by atoms with Gasteiger partial charge >= 0.3 is 0 Å². The predicted molar refractivity (Wildman–Crippen MR) is 58.0 cm³/mol. The highest BCUT2D eigenvalue weighted by molar-refractivity contribution is 6.32. The molecule has 1 aromatic heterocycles. The lowest BCUT2D eigenvalue weighted by atomic mass is 10.2. The van der Waals surface area contributed by atoms with E-state index in [4.69, 9.17) is 16.3 Å². The van der Waals surface area contributed by atoms with Crippen LogP contribution in [0.25, 0.3) is 11.4 Å². The number of aryl methyl sites for hydroxylation is 1. The van der Waals surface area contributed by atoms with Crippen molar-refractivity contribution < 1.29 is 4.74 Å². The SMILES string of the molecule is COc1c(Cl)cccc1-c1ncn(C)n1. The zero-order chi connectivity index (χ0) is 10.8. The zero-order valence-electron chi connectivity index (χ0n) is 8.44. The summed E-state index contributed by atoms with van der Waals surface area (Å²) in [7, 11) is 3.39. The summed E-state index contributed by atoms with van der Waals surface area (Å²) in [4.78, 5) is 4.15. The summed E-state index contributed by atoms with van der Waals surface area (Å²) >= 11 is 6.00. The summed E-state index contributed by atoms with van der Waals surface area (Å²) in [5.74, 6) is 1.21. The van der Waals surface area contributed by atoms with Gasteiger partial charge in [0.25, 0.3) is 0 Å². The van der Waals surface area contributed by atoms with E-state index in [1.54, 1.807) is 24.2 Å². The van der Waals surface area contributed by atoms with Crippen molar-refractivity contribution >= 4 is 11.6 Å². The number of halogens is 1. The number of nitrogens with zero attached hydrogens (tertiary/aromatic N) is 3. The average Bonchev–Trinajstić information content (AvgIpc) is 2.64. The van der Waals surface area contributed by atoms with Crippen molar-refractivity contribution in [3.05, 3.63) is 29.5 Å². The molecule has 0 aliphatic heterocycles. The number of hydrogen-bond acceptors (Lipinski definition) is 3. The van der Waals surface area contributed by atoms with Gasteiger partial charge in [-0.25, -0.2) is 4.98 Å². The van der Waals surface area contributed by atoms with E-state index in [-0.39, 0.29) is 0 Å². The fourth-order valence-corrected chi connectivity index (χ4v) is 1.61. The summed E-state index contributed by atoms with van der Waals surface area (Å²) in [6.45, 7) is 0. The third-order valence-corrected chi connectivity index (χ3v) is 2.31. The van der Waals surface area contributed by atoms with Crippen LogP contribution in [0, 0.1) is 0 Å². The molecule has 0 unspecified atom stereocenters. The summed E-state index contributed by atoms with van der Waals surface area (Å²) in [6, 6.07) is 5.49. The fraction of sp³-hybridized carbons (Fsp3) is 0.200. The molecule has 1 aromatic carbocycles. The van der Waals surface area contributed by atoms with Crippen LogP contribution in [0.2, 0.25) is 5.02 Å². The summed E-state index contributed by atoms with van der Waals surface area (Å²) in [6.07, 6.45) is 1.63. The molecule has 0 fully saturated rings. The molecule has 0 saturated carbocycles. The normalized spacial score (nSPS) is 10.3. The lowest BCUT2D eigenvalue weighted by Gasteiger charge is -2.06. The largest absolute Gasteiger partial charge is 0.494 e. The Morgan fingerprint density at radius 2 is 2.20 bits per heavy atom. The number of methoxy groups -OCH3 is 1. The molecule has 0 amide bonds. The minimum atomic E-state index is 0.558. The van der Waals surface area contributed by atoms with Gasteiger partial charge in [0.05, 0.1) is 17.7 Å². The molecule has 0 spiro atoms. The van der Waals surface area contributed by atoms with Gasteiger partial charge in [-0.1, -0.05) is 17.7 Å². The van der Waals surface area contributed by atoms with Gasteiger partial charge in [0, 0.05) is 7.05 Å². The number of rotatable bonds is 2. The predicted octanol–water partition coefficient (Wildman–Crippen LogP) is 2.14. The van der Waals surface area contributed by atoms with Gasteiger partial charge in [0.1, 0.15) is 12.1 Å². The van der Waals surface area contributed by atoms with E-state index in [2.05, 4.69) is 10.1 Å². The smallest absolute Gasteiger partial charge is 0.184 e. The molecule has 0 atom stereocenters. The van der Waals surface area contributed by atoms with Crippen molar-refractivity contribution in [1.82, 2.24) is 14.8 Å². The molecular formula is C10H10ClN3O. The molecule has 1 heterocycles. The van der Waals surface area contributed by atoms with Crippen molar-refractivity contribution in [2.24, 2.45) is 7.05 Å². The maximum Gasteiger partial charge on any atom is 0.184 e. The van der Waals surface area contributed by atoms with E-state index in [1.165, 1.54) is 0 Å². The molecule has 15 heavy (non-hydrogen) atoms. The quantitative estimate of drug-likeness (QED) is 0.783. The van der Waals surface area contributed by atoms with Gasteiger partial charge in [-0.2, -0.15) is 5.10 Å². The molecular weight excluding hydrogens is 214 g/mol. The Morgan fingerprint density at radius 1 is 1.40 bits per heavy atom. The van der Waals surface area contributed by atoms with Crippen LogP contribution < -0.4 is 4.74 Å². The second kappa shape index (κ2) is 3.90. The summed E-state index contributed by atoms with van der Waals surface area (Å²) < 4.78 is 6.85. The van der Waals surface area contributed by atoms with Crippen molar-refractivity contribution in [3.8, 4) is 17.1 Å². The third kappa shape index (κ3) is 1.80.